The Kier molecular flexibility index (Phi) is 6.17. The third-order valence-corrected chi connectivity index (χ3v) is 3.90. The fraction of sp³-hybridized carbons (Fsp3) is 0.929. The monoisotopic (exact) mass is 243 g/mol. The van der Waals surface area contributed by atoms with Gasteiger partial charge in [0.25, 0.3) is 0 Å². The van der Waals surface area contributed by atoms with Gasteiger partial charge in [-0.25, -0.2) is 0 Å². The first-order valence-electron chi connectivity index (χ1n) is 6.63. The lowest BCUT2D eigenvalue weighted by Crippen LogP contribution is -2.42. The zero-order valence-electron chi connectivity index (χ0n) is 12.3. The molecule has 0 rings (SSSR count). The first-order chi connectivity index (χ1) is 7.64. The summed E-state index contributed by atoms with van der Waals surface area (Å²) >= 11 is 0. The van der Waals surface area contributed by atoms with Crippen LogP contribution in [0.2, 0.25) is 0 Å². The zero-order valence-corrected chi connectivity index (χ0v) is 12.3. The lowest BCUT2D eigenvalue weighted by atomic mass is 9.80. The summed E-state index contributed by atoms with van der Waals surface area (Å²) < 4.78 is 0. The van der Waals surface area contributed by atoms with Crippen LogP contribution in [0.3, 0.4) is 0 Å². The molecule has 1 unspecified atom stereocenters. The third kappa shape index (κ3) is 6.06. The smallest absolute Gasteiger partial charge is 0.220 e. The topological polar surface area (TPSA) is 49.3 Å². The molecule has 0 heterocycles. The van der Waals surface area contributed by atoms with Gasteiger partial charge in [0.1, 0.15) is 0 Å². The Balaban J connectivity index is 4.12. The van der Waals surface area contributed by atoms with E-state index in [1.807, 2.05) is 13.8 Å². The zero-order chi connectivity index (χ0) is 13.7. The molecule has 2 N–H and O–H groups in total. The van der Waals surface area contributed by atoms with E-state index in [1.165, 1.54) is 0 Å². The molecule has 0 bridgehead atoms. The van der Waals surface area contributed by atoms with Gasteiger partial charge in [-0.1, -0.05) is 41.5 Å². The van der Waals surface area contributed by atoms with Crippen molar-refractivity contribution in [2.45, 2.75) is 66.4 Å². The van der Waals surface area contributed by atoms with Crippen LogP contribution in [0, 0.1) is 11.3 Å². The molecule has 1 amide bonds. The lowest BCUT2D eigenvalue weighted by Gasteiger charge is -2.28. The molecule has 0 aromatic rings. The van der Waals surface area contributed by atoms with Crippen LogP contribution in [-0.4, -0.2) is 23.2 Å². The van der Waals surface area contributed by atoms with Crippen molar-refractivity contribution >= 4 is 5.91 Å². The van der Waals surface area contributed by atoms with Gasteiger partial charge < -0.3 is 10.4 Å². The number of aliphatic hydroxyl groups is 1. The van der Waals surface area contributed by atoms with E-state index in [2.05, 4.69) is 33.0 Å². The Morgan fingerprint density at radius 2 is 1.71 bits per heavy atom. The summed E-state index contributed by atoms with van der Waals surface area (Å²) in [6, 6.07) is 0. The molecule has 0 fully saturated rings. The number of rotatable bonds is 6. The van der Waals surface area contributed by atoms with E-state index in [0.29, 0.717) is 31.7 Å². The molecule has 1 atom stereocenters. The number of hydrogen-bond acceptors (Lipinski definition) is 2. The Hall–Kier alpha value is -0.570. The number of carbonyl (C=O) groups is 1. The van der Waals surface area contributed by atoms with Crippen molar-refractivity contribution < 1.29 is 9.90 Å². The molecule has 0 aromatic heterocycles. The van der Waals surface area contributed by atoms with Crippen LogP contribution in [0.4, 0.5) is 0 Å². The second-order valence-electron chi connectivity index (χ2n) is 6.18. The van der Waals surface area contributed by atoms with Crippen molar-refractivity contribution in [2.75, 3.05) is 6.54 Å². The minimum atomic E-state index is -0.749. The van der Waals surface area contributed by atoms with Crippen molar-refractivity contribution in [3.8, 4) is 0 Å². The summed E-state index contributed by atoms with van der Waals surface area (Å²) in [6.45, 7) is 12.7. The molecule has 0 radical (unpaired) electrons. The molecule has 3 heteroatoms. The van der Waals surface area contributed by atoms with Gasteiger partial charge in [0.2, 0.25) is 5.91 Å². The summed E-state index contributed by atoms with van der Waals surface area (Å²) in [5.41, 5.74) is -0.607. The van der Waals surface area contributed by atoms with Crippen molar-refractivity contribution in [1.82, 2.24) is 5.32 Å². The molecule has 0 spiro atoms. The second-order valence-corrected chi connectivity index (χ2v) is 6.18. The van der Waals surface area contributed by atoms with Crippen molar-refractivity contribution in [2.24, 2.45) is 11.3 Å². The normalized spacial score (nSPS) is 14.5. The predicted molar refractivity (Wildman–Crippen MR) is 71.8 cm³/mol. The summed E-state index contributed by atoms with van der Waals surface area (Å²) in [7, 11) is 0. The second kappa shape index (κ2) is 6.39. The molecule has 0 aromatic carbocycles. The molecule has 0 aliphatic rings. The molecule has 0 aliphatic heterocycles. The third-order valence-electron chi connectivity index (χ3n) is 3.90. The maximum atomic E-state index is 11.8. The number of nitrogens with one attached hydrogen (secondary N) is 1. The summed E-state index contributed by atoms with van der Waals surface area (Å²) in [5.74, 6) is 0.367. The van der Waals surface area contributed by atoms with Gasteiger partial charge in [-0.2, -0.15) is 0 Å². The number of carbonyl (C=O) groups excluding carboxylic acids is 1. The molecule has 0 saturated carbocycles. The summed E-state index contributed by atoms with van der Waals surface area (Å²) in [5, 5.41) is 12.9. The molecule has 102 valence electrons. The van der Waals surface area contributed by atoms with Gasteiger partial charge in [-0.05, 0) is 24.2 Å². The fourth-order valence-electron chi connectivity index (χ4n) is 1.42. The minimum absolute atomic E-state index is 0.0350. The van der Waals surface area contributed by atoms with Gasteiger partial charge in [0, 0.05) is 13.0 Å². The maximum absolute atomic E-state index is 11.8. The van der Waals surface area contributed by atoms with E-state index >= 15 is 0 Å². The summed E-state index contributed by atoms with van der Waals surface area (Å²) in [4.78, 5) is 11.8. The van der Waals surface area contributed by atoms with Crippen molar-refractivity contribution in [3.63, 3.8) is 0 Å². The standard InChI is InChI=1S/C14H29NO2/c1-7-14(17,8-2)10-15-12(16)9-11(3)13(4,5)6/h11,17H,7-10H2,1-6H3,(H,15,16). The van der Waals surface area contributed by atoms with Crippen LogP contribution >= 0.6 is 0 Å². The highest BCUT2D eigenvalue weighted by molar-refractivity contribution is 5.76. The quantitative estimate of drug-likeness (QED) is 0.753. The highest BCUT2D eigenvalue weighted by Crippen LogP contribution is 2.27. The fourth-order valence-corrected chi connectivity index (χ4v) is 1.42. The van der Waals surface area contributed by atoms with Crippen LogP contribution < -0.4 is 5.32 Å². The molecule has 3 nitrogen and oxygen atoms in total. The Labute approximate surface area is 106 Å². The lowest BCUT2D eigenvalue weighted by molar-refractivity contribution is -0.124. The maximum Gasteiger partial charge on any atom is 0.220 e. The number of amides is 1. The minimum Gasteiger partial charge on any atom is -0.388 e. The average Bonchev–Trinajstić information content (AvgIpc) is 2.24. The highest BCUT2D eigenvalue weighted by Gasteiger charge is 2.25. The van der Waals surface area contributed by atoms with E-state index in [0.717, 1.165) is 0 Å². The van der Waals surface area contributed by atoms with Crippen molar-refractivity contribution in [3.05, 3.63) is 0 Å². The van der Waals surface area contributed by atoms with Crippen LogP contribution in [-0.2, 0) is 4.79 Å². The SMILES string of the molecule is CCC(O)(CC)CNC(=O)CC(C)C(C)(C)C. The van der Waals surface area contributed by atoms with E-state index in [4.69, 9.17) is 0 Å². The van der Waals surface area contributed by atoms with Crippen molar-refractivity contribution in [1.29, 1.82) is 0 Å². The van der Waals surface area contributed by atoms with Crippen LogP contribution in [0.25, 0.3) is 0 Å². The van der Waals surface area contributed by atoms with Crippen LogP contribution in [0.15, 0.2) is 0 Å². The highest BCUT2D eigenvalue weighted by atomic mass is 16.3. The van der Waals surface area contributed by atoms with E-state index < -0.39 is 5.60 Å². The largest absolute Gasteiger partial charge is 0.388 e. The van der Waals surface area contributed by atoms with Gasteiger partial charge in [0.15, 0.2) is 0 Å². The Morgan fingerprint density at radius 3 is 2.06 bits per heavy atom. The van der Waals surface area contributed by atoms with E-state index in [9.17, 15) is 9.90 Å². The van der Waals surface area contributed by atoms with Gasteiger partial charge in [0.05, 0.1) is 5.60 Å². The van der Waals surface area contributed by atoms with Gasteiger partial charge >= 0.3 is 0 Å². The molecule has 17 heavy (non-hydrogen) atoms. The number of hydrogen-bond donors (Lipinski definition) is 2. The predicted octanol–water partition coefficient (Wildman–Crippen LogP) is 2.73. The van der Waals surface area contributed by atoms with E-state index in [-0.39, 0.29) is 11.3 Å². The van der Waals surface area contributed by atoms with Gasteiger partial charge in [-0.3, -0.25) is 4.79 Å². The first-order valence-corrected chi connectivity index (χ1v) is 6.63. The molecular formula is C14H29NO2. The van der Waals surface area contributed by atoms with Gasteiger partial charge in [-0.15, -0.1) is 0 Å². The molecule has 0 aliphatic carbocycles. The average molecular weight is 243 g/mol. The Morgan fingerprint density at radius 1 is 1.24 bits per heavy atom. The molecular weight excluding hydrogens is 214 g/mol. The Bertz CT molecular complexity index is 239. The van der Waals surface area contributed by atoms with Crippen LogP contribution in [0.5, 0.6) is 0 Å². The summed E-state index contributed by atoms with van der Waals surface area (Å²) in [6.07, 6.45) is 1.85. The van der Waals surface area contributed by atoms with E-state index in [1.54, 1.807) is 0 Å². The molecule has 0 saturated heterocycles. The van der Waals surface area contributed by atoms with Crippen LogP contribution in [0.1, 0.15) is 60.8 Å². The first kappa shape index (κ1) is 16.4.